The van der Waals surface area contributed by atoms with E-state index in [9.17, 15) is 5.11 Å². The first kappa shape index (κ1) is 16.0. The third-order valence-corrected chi connectivity index (χ3v) is 5.19. The predicted molar refractivity (Wildman–Crippen MR) is 87.7 cm³/mol. The molecule has 1 fully saturated rings. The van der Waals surface area contributed by atoms with Crippen molar-refractivity contribution in [2.75, 3.05) is 13.1 Å². The predicted octanol–water partition coefficient (Wildman–Crippen LogP) is 4.24. The fourth-order valence-electron chi connectivity index (χ4n) is 3.27. The summed E-state index contributed by atoms with van der Waals surface area (Å²) >= 11 is 3.43. The number of nitrogens with zero attached hydrogens (tertiary/aromatic N) is 1. The molecule has 0 amide bonds. The van der Waals surface area contributed by atoms with Crippen LogP contribution in [0.2, 0.25) is 0 Å². The number of halogens is 1. The van der Waals surface area contributed by atoms with Gasteiger partial charge in [0.25, 0.3) is 0 Å². The lowest BCUT2D eigenvalue weighted by Gasteiger charge is -2.41. The van der Waals surface area contributed by atoms with Crippen molar-refractivity contribution in [1.82, 2.24) is 4.90 Å². The van der Waals surface area contributed by atoms with Gasteiger partial charge in [0.15, 0.2) is 0 Å². The minimum absolute atomic E-state index is 0.358. The zero-order valence-corrected chi connectivity index (χ0v) is 14.3. The summed E-state index contributed by atoms with van der Waals surface area (Å²) in [5.41, 5.74) is 1.01. The molecule has 3 heteroatoms. The highest BCUT2D eigenvalue weighted by Crippen LogP contribution is 2.28. The third-order valence-electron chi connectivity index (χ3n) is 4.66. The smallest absolute Gasteiger partial charge is 0.0802 e. The largest absolute Gasteiger partial charge is 0.388 e. The molecule has 1 aliphatic heterocycles. The zero-order chi connectivity index (χ0) is 14.7. The van der Waals surface area contributed by atoms with Gasteiger partial charge in [-0.2, -0.15) is 0 Å². The summed E-state index contributed by atoms with van der Waals surface area (Å²) in [5.74, 6) is 1.52. The quantitative estimate of drug-likeness (QED) is 0.886. The summed E-state index contributed by atoms with van der Waals surface area (Å²) < 4.78 is 1.06. The molecule has 2 rings (SSSR count). The molecule has 1 heterocycles. The second kappa shape index (κ2) is 7.06. The van der Waals surface area contributed by atoms with Crippen molar-refractivity contribution in [2.24, 2.45) is 11.8 Å². The number of aliphatic hydroxyl groups is 1. The van der Waals surface area contributed by atoms with E-state index in [0.29, 0.717) is 6.04 Å². The molecule has 4 unspecified atom stereocenters. The first-order chi connectivity index (χ1) is 9.47. The van der Waals surface area contributed by atoms with Gasteiger partial charge in [0, 0.05) is 23.6 Å². The standard InChI is InChI=1S/C17H26BrNO/c1-12-10-13(2)14(3)19(11-12)9-8-17(20)15-4-6-16(18)7-5-15/h4-7,12-14,17,20H,8-11H2,1-3H3. The van der Waals surface area contributed by atoms with E-state index < -0.39 is 0 Å². The number of piperidine rings is 1. The van der Waals surface area contributed by atoms with Gasteiger partial charge in [-0.3, -0.25) is 0 Å². The highest BCUT2D eigenvalue weighted by molar-refractivity contribution is 9.10. The SMILES string of the molecule is CC1CC(C)C(C)N(CCC(O)c2ccc(Br)cc2)C1. The van der Waals surface area contributed by atoms with Crippen LogP contribution in [0.15, 0.2) is 28.7 Å². The average Bonchev–Trinajstić information content (AvgIpc) is 2.41. The van der Waals surface area contributed by atoms with Gasteiger partial charge in [0.05, 0.1) is 6.10 Å². The van der Waals surface area contributed by atoms with E-state index in [4.69, 9.17) is 0 Å². The Bertz CT molecular complexity index is 420. The van der Waals surface area contributed by atoms with Crippen molar-refractivity contribution in [1.29, 1.82) is 0 Å². The second-order valence-electron chi connectivity index (χ2n) is 6.41. The number of aliphatic hydroxyl groups excluding tert-OH is 1. The van der Waals surface area contributed by atoms with E-state index >= 15 is 0 Å². The van der Waals surface area contributed by atoms with Crippen LogP contribution >= 0.6 is 15.9 Å². The topological polar surface area (TPSA) is 23.5 Å². The molecule has 2 nitrogen and oxygen atoms in total. The normalized spacial score (nSPS) is 29.4. The molecule has 112 valence electrons. The summed E-state index contributed by atoms with van der Waals surface area (Å²) in [6.07, 6.45) is 1.78. The maximum absolute atomic E-state index is 10.3. The minimum atomic E-state index is -0.358. The van der Waals surface area contributed by atoms with Gasteiger partial charge >= 0.3 is 0 Å². The van der Waals surface area contributed by atoms with Crippen LogP contribution in [0.4, 0.5) is 0 Å². The van der Waals surface area contributed by atoms with Crippen molar-refractivity contribution in [3.05, 3.63) is 34.3 Å². The molecule has 4 atom stereocenters. The number of benzene rings is 1. The molecule has 0 radical (unpaired) electrons. The molecular formula is C17H26BrNO. The van der Waals surface area contributed by atoms with E-state index in [0.717, 1.165) is 34.8 Å². The van der Waals surface area contributed by atoms with Gasteiger partial charge in [-0.25, -0.2) is 0 Å². The van der Waals surface area contributed by atoms with E-state index in [2.05, 4.69) is 41.6 Å². The fraction of sp³-hybridized carbons (Fsp3) is 0.647. The van der Waals surface area contributed by atoms with Crippen LogP contribution in [-0.2, 0) is 0 Å². The van der Waals surface area contributed by atoms with Gasteiger partial charge in [0.1, 0.15) is 0 Å². The summed E-state index contributed by atoms with van der Waals surface area (Å²) in [5, 5.41) is 10.3. The molecule has 0 bridgehead atoms. The zero-order valence-electron chi connectivity index (χ0n) is 12.7. The summed E-state index contributed by atoms with van der Waals surface area (Å²) in [4.78, 5) is 2.54. The minimum Gasteiger partial charge on any atom is -0.388 e. The Morgan fingerprint density at radius 3 is 2.55 bits per heavy atom. The Morgan fingerprint density at radius 1 is 1.25 bits per heavy atom. The van der Waals surface area contributed by atoms with Gasteiger partial charge in [-0.15, -0.1) is 0 Å². The number of hydrogen-bond acceptors (Lipinski definition) is 2. The molecule has 1 aromatic rings. The highest BCUT2D eigenvalue weighted by Gasteiger charge is 2.28. The van der Waals surface area contributed by atoms with Crippen molar-refractivity contribution in [2.45, 2.75) is 45.8 Å². The monoisotopic (exact) mass is 339 g/mol. The molecule has 0 spiro atoms. The van der Waals surface area contributed by atoms with Crippen molar-refractivity contribution in [3.63, 3.8) is 0 Å². The van der Waals surface area contributed by atoms with E-state index in [1.165, 1.54) is 13.0 Å². The molecule has 0 saturated carbocycles. The van der Waals surface area contributed by atoms with E-state index in [1.54, 1.807) is 0 Å². The third kappa shape index (κ3) is 4.06. The summed E-state index contributed by atoms with van der Waals surface area (Å²) in [7, 11) is 0. The lowest BCUT2D eigenvalue weighted by Crippen LogP contribution is -2.46. The number of hydrogen-bond donors (Lipinski definition) is 1. The van der Waals surface area contributed by atoms with Crippen LogP contribution in [0, 0.1) is 11.8 Å². The maximum atomic E-state index is 10.3. The Balaban J connectivity index is 1.89. The second-order valence-corrected chi connectivity index (χ2v) is 7.33. The molecule has 20 heavy (non-hydrogen) atoms. The first-order valence-corrected chi connectivity index (χ1v) is 8.44. The van der Waals surface area contributed by atoms with Gasteiger partial charge < -0.3 is 10.0 Å². The molecule has 1 N–H and O–H groups in total. The van der Waals surface area contributed by atoms with Crippen LogP contribution < -0.4 is 0 Å². The van der Waals surface area contributed by atoms with E-state index in [-0.39, 0.29) is 6.10 Å². The molecule has 1 saturated heterocycles. The number of rotatable bonds is 4. The highest BCUT2D eigenvalue weighted by atomic mass is 79.9. The lowest BCUT2D eigenvalue weighted by molar-refractivity contribution is 0.0599. The van der Waals surface area contributed by atoms with Gasteiger partial charge in [-0.05, 0) is 49.3 Å². The maximum Gasteiger partial charge on any atom is 0.0802 e. The lowest BCUT2D eigenvalue weighted by atomic mass is 9.86. The van der Waals surface area contributed by atoms with Crippen LogP contribution in [0.5, 0.6) is 0 Å². The van der Waals surface area contributed by atoms with E-state index in [1.807, 2.05) is 24.3 Å². The molecule has 0 aromatic heterocycles. The summed E-state index contributed by atoms with van der Waals surface area (Å²) in [6.45, 7) is 9.15. The van der Waals surface area contributed by atoms with Gasteiger partial charge in [0.2, 0.25) is 0 Å². The van der Waals surface area contributed by atoms with Crippen molar-refractivity contribution < 1.29 is 5.11 Å². The van der Waals surface area contributed by atoms with Gasteiger partial charge in [-0.1, -0.05) is 41.9 Å². The Morgan fingerprint density at radius 2 is 1.90 bits per heavy atom. The fourth-order valence-corrected chi connectivity index (χ4v) is 3.53. The Hall–Kier alpha value is -0.380. The average molecular weight is 340 g/mol. The number of likely N-dealkylation sites (tertiary alicyclic amines) is 1. The molecule has 1 aliphatic rings. The first-order valence-electron chi connectivity index (χ1n) is 7.65. The summed E-state index contributed by atoms with van der Waals surface area (Å²) in [6, 6.07) is 8.61. The van der Waals surface area contributed by atoms with Crippen LogP contribution in [0.25, 0.3) is 0 Å². The molecule has 0 aliphatic carbocycles. The van der Waals surface area contributed by atoms with Crippen LogP contribution in [0.1, 0.15) is 45.3 Å². The van der Waals surface area contributed by atoms with Crippen LogP contribution in [-0.4, -0.2) is 29.1 Å². The molecule has 1 aromatic carbocycles. The van der Waals surface area contributed by atoms with Crippen molar-refractivity contribution in [3.8, 4) is 0 Å². The molecular weight excluding hydrogens is 314 g/mol. The van der Waals surface area contributed by atoms with Crippen molar-refractivity contribution >= 4 is 15.9 Å². The Labute approximate surface area is 131 Å². The Kier molecular flexibility index (Phi) is 5.65. The van der Waals surface area contributed by atoms with Crippen LogP contribution in [0.3, 0.4) is 0 Å².